The van der Waals surface area contributed by atoms with Gasteiger partial charge in [-0.3, -0.25) is 4.79 Å². The minimum atomic E-state index is 0.181. The molecule has 0 saturated carbocycles. The van der Waals surface area contributed by atoms with Crippen LogP contribution in [0.5, 0.6) is 0 Å². The van der Waals surface area contributed by atoms with Crippen LogP contribution in [0.25, 0.3) is 0 Å². The summed E-state index contributed by atoms with van der Waals surface area (Å²) in [5.41, 5.74) is 0.844. The summed E-state index contributed by atoms with van der Waals surface area (Å²) in [6.07, 6.45) is 3.19. The molecule has 1 aliphatic heterocycles. The molecule has 3 nitrogen and oxygen atoms in total. The van der Waals surface area contributed by atoms with Gasteiger partial charge < -0.3 is 4.90 Å². The van der Waals surface area contributed by atoms with Crippen molar-refractivity contribution >= 4 is 29.1 Å². The molecule has 1 aromatic heterocycles. The number of amides is 1. The Morgan fingerprint density at radius 1 is 1.47 bits per heavy atom. The molecule has 2 heterocycles. The second-order valence-electron chi connectivity index (χ2n) is 3.52. The highest BCUT2D eigenvalue weighted by Gasteiger charge is 2.20. The lowest BCUT2D eigenvalue weighted by Crippen LogP contribution is -2.24. The molecule has 0 N–H and O–H groups in total. The number of likely N-dealkylation sites (tertiary alicyclic amines) is 1. The SMILES string of the molecule is O=C1CCCN1Cc1cnc(Cl)cc1Cl. The predicted octanol–water partition coefficient (Wildman–Crippen LogP) is 2.51. The number of rotatable bonds is 2. The summed E-state index contributed by atoms with van der Waals surface area (Å²) in [5, 5.41) is 0.936. The second-order valence-corrected chi connectivity index (χ2v) is 4.31. The molecular weight excluding hydrogens is 235 g/mol. The molecule has 1 saturated heterocycles. The number of aromatic nitrogens is 1. The third kappa shape index (κ3) is 2.41. The molecule has 0 aromatic carbocycles. The van der Waals surface area contributed by atoms with Gasteiger partial charge in [0.25, 0.3) is 0 Å². The first-order valence-corrected chi connectivity index (χ1v) is 5.50. The van der Waals surface area contributed by atoms with Crippen molar-refractivity contribution in [3.63, 3.8) is 0 Å². The maximum absolute atomic E-state index is 11.4. The van der Waals surface area contributed by atoms with Crippen LogP contribution < -0.4 is 0 Å². The monoisotopic (exact) mass is 244 g/mol. The van der Waals surface area contributed by atoms with Gasteiger partial charge in [0.1, 0.15) is 5.15 Å². The van der Waals surface area contributed by atoms with Crippen LogP contribution in [-0.4, -0.2) is 22.3 Å². The van der Waals surface area contributed by atoms with Crippen LogP contribution in [0.2, 0.25) is 10.2 Å². The quantitative estimate of drug-likeness (QED) is 0.750. The Bertz CT molecular complexity index is 395. The van der Waals surface area contributed by atoms with E-state index >= 15 is 0 Å². The summed E-state index contributed by atoms with van der Waals surface area (Å²) in [6.45, 7) is 1.33. The molecule has 15 heavy (non-hydrogen) atoms. The summed E-state index contributed by atoms with van der Waals surface area (Å²) in [4.78, 5) is 17.1. The van der Waals surface area contributed by atoms with Gasteiger partial charge in [-0.25, -0.2) is 4.98 Å². The molecule has 0 radical (unpaired) electrons. The van der Waals surface area contributed by atoms with Crippen molar-refractivity contribution in [2.24, 2.45) is 0 Å². The third-order valence-electron chi connectivity index (χ3n) is 2.43. The van der Waals surface area contributed by atoms with Gasteiger partial charge >= 0.3 is 0 Å². The van der Waals surface area contributed by atoms with E-state index in [1.165, 1.54) is 0 Å². The number of carbonyl (C=O) groups excluding carboxylic acids is 1. The lowest BCUT2D eigenvalue weighted by atomic mass is 10.2. The van der Waals surface area contributed by atoms with E-state index in [4.69, 9.17) is 23.2 Å². The Kier molecular flexibility index (Phi) is 3.12. The Morgan fingerprint density at radius 2 is 2.27 bits per heavy atom. The Labute approximate surface area is 98.0 Å². The fourth-order valence-electron chi connectivity index (χ4n) is 1.63. The van der Waals surface area contributed by atoms with Gasteiger partial charge in [-0.1, -0.05) is 23.2 Å². The molecule has 0 bridgehead atoms. The van der Waals surface area contributed by atoms with Gasteiger partial charge in [0, 0.05) is 31.3 Å². The molecule has 0 spiro atoms. The minimum absolute atomic E-state index is 0.181. The third-order valence-corrected chi connectivity index (χ3v) is 2.99. The summed E-state index contributed by atoms with van der Waals surface area (Å²) < 4.78 is 0. The van der Waals surface area contributed by atoms with Crippen LogP contribution in [0, 0.1) is 0 Å². The molecule has 5 heteroatoms. The molecule has 1 aliphatic rings. The van der Waals surface area contributed by atoms with E-state index in [1.807, 2.05) is 0 Å². The van der Waals surface area contributed by atoms with Crippen LogP contribution >= 0.6 is 23.2 Å². The maximum atomic E-state index is 11.4. The molecule has 1 amide bonds. The van der Waals surface area contributed by atoms with Crippen LogP contribution in [0.15, 0.2) is 12.3 Å². The number of nitrogens with zero attached hydrogens (tertiary/aromatic N) is 2. The van der Waals surface area contributed by atoms with Crippen molar-refractivity contribution in [1.29, 1.82) is 0 Å². The zero-order chi connectivity index (χ0) is 10.8. The van der Waals surface area contributed by atoms with Gasteiger partial charge in [0.05, 0.1) is 5.02 Å². The molecular formula is C10H10Cl2N2O. The first kappa shape index (κ1) is 10.7. The van der Waals surface area contributed by atoms with Crippen LogP contribution in [0.4, 0.5) is 0 Å². The highest BCUT2D eigenvalue weighted by molar-refractivity contribution is 6.34. The van der Waals surface area contributed by atoms with Crippen molar-refractivity contribution in [3.8, 4) is 0 Å². The molecule has 2 rings (SSSR count). The molecule has 1 aromatic rings. The lowest BCUT2D eigenvalue weighted by Gasteiger charge is -2.15. The van der Waals surface area contributed by atoms with Crippen LogP contribution in [-0.2, 0) is 11.3 Å². The van der Waals surface area contributed by atoms with Crippen molar-refractivity contribution in [3.05, 3.63) is 28.0 Å². The zero-order valence-electron chi connectivity index (χ0n) is 8.04. The van der Waals surface area contributed by atoms with E-state index in [2.05, 4.69) is 4.98 Å². The Hall–Kier alpha value is -0.800. The Morgan fingerprint density at radius 3 is 2.87 bits per heavy atom. The van der Waals surface area contributed by atoms with Gasteiger partial charge in [0.15, 0.2) is 0 Å². The highest BCUT2D eigenvalue weighted by Crippen LogP contribution is 2.22. The van der Waals surface area contributed by atoms with Crippen LogP contribution in [0.1, 0.15) is 18.4 Å². The number of hydrogen-bond donors (Lipinski definition) is 0. The van der Waals surface area contributed by atoms with Crippen LogP contribution in [0.3, 0.4) is 0 Å². The fraction of sp³-hybridized carbons (Fsp3) is 0.400. The molecule has 1 fully saturated rings. The molecule has 80 valence electrons. The van der Waals surface area contributed by atoms with Gasteiger partial charge in [-0.2, -0.15) is 0 Å². The normalized spacial score (nSPS) is 16.1. The molecule has 0 unspecified atom stereocenters. The van der Waals surface area contributed by atoms with E-state index in [-0.39, 0.29) is 5.91 Å². The summed E-state index contributed by atoms with van der Waals surface area (Å²) in [6, 6.07) is 1.60. The molecule has 0 aliphatic carbocycles. The highest BCUT2D eigenvalue weighted by atomic mass is 35.5. The first-order chi connectivity index (χ1) is 7.16. The zero-order valence-corrected chi connectivity index (χ0v) is 9.55. The van der Waals surface area contributed by atoms with E-state index in [0.717, 1.165) is 18.5 Å². The number of halogens is 2. The average molecular weight is 245 g/mol. The molecule has 0 atom stereocenters. The summed E-state index contributed by atoms with van der Waals surface area (Å²) in [7, 11) is 0. The number of pyridine rings is 1. The average Bonchev–Trinajstić information content (AvgIpc) is 2.57. The minimum Gasteiger partial charge on any atom is -0.338 e. The van der Waals surface area contributed by atoms with E-state index in [1.54, 1.807) is 17.2 Å². The smallest absolute Gasteiger partial charge is 0.222 e. The summed E-state index contributed by atoms with van der Waals surface area (Å²) in [5.74, 6) is 0.181. The van der Waals surface area contributed by atoms with Gasteiger partial charge in [-0.05, 0) is 12.5 Å². The fourth-order valence-corrected chi connectivity index (χ4v) is 2.05. The standard InChI is InChI=1S/C10H10Cl2N2O/c11-8-4-9(12)13-5-7(8)6-14-3-1-2-10(14)15/h4-5H,1-3,6H2. The van der Waals surface area contributed by atoms with Crippen molar-refractivity contribution < 1.29 is 4.79 Å². The number of carbonyl (C=O) groups is 1. The Balaban J connectivity index is 2.13. The summed E-state index contributed by atoms with van der Waals surface area (Å²) >= 11 is 11.7. The largest absolute Gasteiger partial charge is 0.338 e. The van der Waals surface area contributed by atoms with E-state index < -0.39 is 0 Å². The van der Waals surface area contributed by atoms with E-state index in [0.29, 0.717) is 23.1 Å². The van der Waals surface area contributed by atoms with Crippen molar-refractivity contribution in [2.75, 3.05) is 6.54 Å². The maximum Gasteiger partial charge on any atom is 0.222 e. The van der Waals surface area contributed by atoms with Crippen molar-refractivity contribution in [2.45, 2.75) is 19.4 Å². The second kappa shape index (κ2) is 4.37. The van der Waals surface area contributed by atoms with E-state index in [9.17, 15) is 4.79 Å². The topological polar surface area (TPSA) is 33.2 Å². The predicted molar refractivity (Wildman–Crippen MR) is 58.9 cm³/mol. The van der Waals surface area contributed by atoms with Gasteiger partial charge in [0.2, 0.25) is 5.91 Å². The van der Waals surface area contributed by atoms with Gasteiger partial charge in [-0.15, -0.1) is 0 Å². The first-order valence-electron chi connectivity index (χ1n) is 4.74. The number of hydrogen-bond acceptors (Lipinski definition) is 2. The van der Waals surface area contributed by atoms with Crippen molar-refractivity contribution in [1.82, 2.24) is 9.88 Å². The lowest BCUT2D eigenvalue weighted by molar-refractivity contribution is -0.128.